The quantitative estimate of drug-likeness (QED) is 0.138. The Labute approximate surface area is 257 Å². The Balaban J connectivity index is 0.00000121. The third kappa shape index (κ3) is 7.81. The van der Waals surface area contributed by atoms with Gasteiger partial charge in [-0.3, -0.25) is 4.99 Å². The molecule has 0 spiro atoms. The molecular formula is C41H42N2. The van der Waals surface area contributed by atoms with E-state index in [1.807, 2.05) is 58.2 Å². The molecule has 0 aliphatic heterocycles. The van der Waals surface area contributed by atoms with Crippen LogP contribution < -0.4 is 0 Å². The van der Waals surface area contributed by atoms with E-state index in [4.69, 9.17) is 10.4 Å². The number of rotatable bonds is 6. The third-order valence-electron chi connectivity index (χ3n) is 7.11. The van der Waals surface area contributed by atoms with Crippen molar-refractivity contribution in [1.82, 2.24) is 0 Å². The zero-order valence-electron chi connectivity index (χ0n) is 26.1. The standard InChI is InChI=1S/C37H32N2.C2H6.C2H4/c1-4-5-16-33(26(2)34-17-10-11-18-36(34)38)35(31-21-19-27-12-6-8-14-29(27)23-31)25-37(39-3)32-22-20-28-13-7-9-15-30(28)24-32;2*1-2/h4-25,38H,1-3H3;1-2H3;1-2H2/b5-4-,33-16+,34-26+,35-25-,38-36?,39-37?;;. The van der Waals surface area contributed by atoms with Gasteiger partial charge in [0.1, 0.15) is 0 Å². The van der Waals surface area contributed by atoms with Crippen molar-refractivity contribution in [2.24, 2.45) is 4.99 Å². The number of hydrogen-bond acceptors (Lipinski definition) is 2. The highest BCUT2D eigenvalue weighted by atomic mass is 14.7. The molecule has 0 radical (unpaired) electrons. The second kappa shape index (κ2) is 16.4. The lowest BCUT2D eigenvalue weighted by molar-refractivity contribution is 1.37. The van der Waals surface area contributed by atoms with E-state index in [0.29, 0.717) is 5.71 Å². The molecule has 2 nitrogen and oxygen atoms in total. The predicted octanol–water partition coefficient (Wildman–Crippen LogP) is 11.3. The van der Waals surface area contributed by atoms with Crippen molar-refractivity contribution in [2.45, 2.75) is 27.7 Å². The van der Waals surface area contributed by atoms with Crippen molar-refractivity contribution in [3.63, 3.8) is 0 Å². The summed E-state index contributed by atoms with van der Waals surface area (Å²) < 4.78 is 0. The number of fused-ring (bicyclic) bond motifs is 2. The van der Waals surface area contributed by atoms with Gasteiger partial charge in [-0.1, -0.05) is 123 Å². The van der Waals surface area contributed by atoms with Crippen molar-refractivity contribution < 1.29 is 0 Å². The van der Waals surface area contributed by atoms with Gasteiger partial charge < -0.3 is 5.41 Å². The predicted molar refractivity (Wildman–Crippen MR) is 193 cm³/mol. The van der Waals surface area contributed by atoms with Crippen molar-refractivity contribution >= 4 is 38.5 Å². The monoisotopic (exact) mass is 562 g/mol. The van der Waals surface area contributed by atoms with E-state index in [0.717, 1.165) is 39.1 Å². The summed E-state index contributed by atoms with van der Waals surface area (Å²) in [5, 5.41) is 13.4. The van der Waals surface area contributed by atoms with E-state index in [-0.39, 0.29) is 0 Å². The van der Waals surface area contributed by atoms with Crippen LogP contribution in [0.1, 0.15) is 38.8 Å². The average Bonchev–Trinajstić information content (AvgIpc) is 3.07. The summed E-state index contributed by atoms with van der Waals surface area (Å²) in [4.78, 5) is 4.75. The number of aliphatic imine (C=N–C) groups is 1. The third-order valence-corrected chi connectivity index (χ3v) is 7.11. The Bertz CT molecular complexity index is 1800. The van der Waals surface area contributed by atoms with E-state index in [1.54, 1.807) is 0 Å². The normalized spacial score (nSPS) is 14.8. The van der Waals surface area contributed by atoms with Crippen LogP contribution in [0.15, 0.2) is 168 Å². The second-order valence-electron chi connectivity index (χ2n) is 9.57. The maximum Gasteiger partial charge on any atom is 0.0649 e. The lowest BCUT2D eigenvalue weighted by Gasteiger charge is -2.19. The highest BCUT2D eigenvalue weighted by Gasteiger charge is 2.17. The fourth-order valence-electron chi connectivity index (χ4n) is 5.00. The molecule has 0 heterocycles. The first-order chi connectivity index (χ1) is 21.1. The maximum atomic E-state index is 8.60. The van der Waals surface area contributed by atoms with Gasteiger partial charge in [0.25, 0.3) is 0 Å². The minimum absolute atomic E-state index is 0.512. The van der Waals surface area contributed by atoms with Gasteiger partial charge in [0, 0.05) is 18.2 Å². The molecule has 4 aromatic rings. The summed E-state index contributed by atoms with van der Waals surface area (Å²) in [6.07, 6.45) is 16.2. The highest BCUT2D eigenvalue weighted by molar-refractivity contribution is 6.16. The molecule has 5 rings (SSSR count). The zero-order chi connectivity index (χ0) is 31.2. The van der Waals surface area contributed by atoms with E-state index in [2.05, 4.69) is 123 Å². The largest absolute Gasteiger partial charge is 0.300 e. The van der Waals surface area contributed by atoms with Crippen LogP contribution in [0.4, 0.5) is 0 Å². The van der Waals surface area contributed by atoms with Gasteiger partial charge in [0.15, 0.2) is 0 Å². The van der Waals surface area contributed by atoms with E-state index in [1.165, 1.54) is 21.5 Å². The van der Waals surface area contributed by atoms with E-state index < -0.39 is 0 Å². The number of hydrogen-bond donors (Lipinski definition) is 1. The molecule has 0 atom stereocenters. The van der Waals surface area contributed by atoms with Crippen LogP contribution in [0.25, 0.3) is 27.1 Å². The van der Waals surface area contributed by atoms with Crippen LogP contribution in [-0.4, -0.2) is 18.5 Å². The molecule has 0 saturated heterocycles. The smallest absolute Gasteiger partial charge is 0.0649 e. The van der Waals surface area contributed by atoms with Gasteiger partial charge in [-0.15, -0.1) is 13.2 Å². The molecule has 0 bridgehead atoms. The summed E-state index contributed by atoms with van der Waals surface area (Å²) in [5.41, 5.74) is 7.68. The molecule has 0 amide bonds. The molecule has 1 aliphatic carbocycles. The minimum Gasteiger partial charge on any atom is -0.300 e. The summed E-state index contributed by atoms with van der Waals surface area (Å²) in [6.45, 7) is 14.1. The molecule has 1 aliphatic rings. The first kappa shape index (κ1) is 32.4. The Morgan fingerprint density at radius 1 is 0.744 bits per heavy atom. The van der Waals surface area contributed by atoms with Gasteiger partial charge in [-0.25, -0.2) is 0 Å². The lowest BCUT2D eigenvalue weighted by Crippen LogP contribution is -2.06. The van der Waals surface area contributed by atoms with Gasteiger partial charge in [-0.2, -0.15) is 0 Å². The fraction of sp³-hybridized carbons (Fsp3) is 0.122. The van der Waals surface area contributed by atoms with Crippen molar-refractivity contribution in [1.29, 1.82) is 5.41 Å². The Kier molecular flexibility index (Phi) is 12.4. The molecule has 1 N–H and O–H groups in total. The summed E-state index contributed by atoms with van der Waals surface area (Å²) in [7, 11) is 1.85. The van der Waals surface area contributed by atoms with E-state index >= 15 is 0 Å². The van der Waals surface area contributed by atoms with Crippen LogP contribution in [0.5, 0.6) is 0 Å². The number of nitrogens with zero attached hydrogens (tertiary/aromatic N) is 1. The average molecular weight is 563 g/mol. The zero-order valence-corrected chi connectivity index (χ0v) is 26.1. The number of nitrogens with one attached hydrogen (secondary N) is 1. The van der Waals surface area contributed by atoms with Crippen LogP contribution in [0.3, 0.4) is 0 Å². The maximum absolute atomic E-state index is 8.60. The summed E-state index contributed by atoms with van der Waals surface area (Å²) in [5.74, 6) is 0. The van der Waals surface area contributed by atoms with Crippen LogP contribution in [0, 0.1) is 5.41 Å². The molecule has 4 aromatic carbocycles. The topological polar surface area (TPSA) is 36.2 Å². The van der Waals surface area contributed by atoms with Crippen molar-refractivity contribution in [3.8, 4) is 0 Å². The lowest BCUT2D eigenvalue weighted by atomic mass is 9.86. The molecule has 0 aromatic heterocycles. The Morgan fingerprint density at radius 3 is 1.84 bits per heavy atom. The first-order valence-corrected chi connectivity index (χ1v) is 14.7. The Hall–Kier alpha value is -5.08. The molecule has 0 saturated carbocycles. The molecule has 2 heteroatoms. The molecular weight excluding hydrogens is 520 g/mol. The summed E-state index contributed by atoms with van der Waals surface area (Å²) in [6, 6.07) is 30.0. The highest BCUT2D eigenvalue weighted by Crippen LogP contribution is 2.34. The second-order valence-corrected chi connectivity index (χ2v) is 9.57. The molecule has 43 heavy (non-hydrogen) atoms. The number of benzene rings is 4. The van der Waals surface area contributed by atoms with Crippen molar-refractivity contribution in [2.75, 3.05) is 7.05 Å². The molecule has 0 fully saturated rings. The van der Waals surface area contributed by atoms with Crippen LogP contribution in [0.2, 0.25) is 0 Å². The van der Waals surface area contributed by atoms with Crippen molar-refractivity contribution in [3.05, 3.63) is 175 Å². The van der Waals surface area contributed by atoms with Crippen LogP contribution in [-0.2, 0) is 0 Å². The summed E-state index contributed by atoms with van der Waals surface area (Å²) >= 11 is 0. The fourth-order valence-corrected chi connectivity index (χ4v) is 5.00. The Morgan fingerprint density at radius 2 is 1.28 bits per heavy atom. The molecule has 0 unspecified atom stereocenters. The SMILES string of the molecule is C=C.CC.C\C=C/C=C(C(=C\C(=NC)c1ccc2ccccc2c1)/c1ccc2ccccc2c1)\C(C)=C1/C=CC=CC1=N. The van der Waals surface area contributed by atoms with Crippen LogP contribution >= 0.6 is 0 Å². The number of allylic oxidation sites excluding steroid dienone is 12. The van der Waals surface area contributed by atoms with E-state index in [9.17, 15) is 0 Å². The first-order valence-electron chi connectivity index (χ1n) is 14.7. The van der Waals surface area contributed by atoms with Gasteiger partial charge >= 0.3 is 0 Å². The minimum atomic E-state index is 0.512. The van der Waals surface area contributed by atoms with Gasteiger partial charge in [-0.05, 0) is 82.0 Å². The van der Waals surface area contributed by atoms with Gasteiger partial charge in [0.2, 0.25) is 0 Å². The van der Waals surface area contributed by atoms with Gasteiger partial charge in [0.05, 0.1) is 11.4 Å². The molecule has 216 valence electrons.